The summed E-state index contributed by atoms with van der Waals surface area (Å²) in [6, 6.07) is 6.19. The van der Waals surface area contributed by atoms with E-state index in [1.807, 2.05) is 5.92 Å². The van der Waals surface area contributed by atoms with Crippen molar-refractivity contribution in [1.29, 1.82) is 0 Å². The molecule has 4 heteroatoms. The predicted molar refractivity (Wildman–Crippen MR) is 53.2 cm³/mol. The van der Waals surface area contributed by atoms with Crippen molar-refractivity contribution in [3.8, 4) is 18.1 Å². The molecular weight excluding hydrogens is 196 g/mol. The minimum atomic E-state index is -1.32. The Kier molecular flexibility index (Phi) is 3.72. The summed E-state index contributed by atoms with van der Waals surface area (Å²) in [4.78, 5) is 11.1. The molecule has 15 heavy (non-hydrogen) atoms. The average Bonchev–Trinajstić information content (AvgIpc) is 2.28. The van der Waals surface area contributed by atoms with Crippen molar-refractivity contribution in [3.05, 3.63) is 29.8 Å². The van der Waals surface area contributed by atoms with Crippen LogP contribution < -0.4 is 4.74 Å². The van der Waals surface area contributed by atoms with Gasteiger partial charge in [0.25, 0.3) is 6.29 Å². The Bertz CT molecular complexity index is 392. The zero-order valence-corrected chi connectivity index (χ0v) is 8.14. The molecule has 0 saturated heterocycles. The van der Waals surface area contributed by atoms with Crippen molar-refractivity contribution < 1.29 is 19.4 Å². The van der Waals surface area contributed by atoms with Crippen molar-refractivity contribution in [2.24, 2.45) is 0 Å². The van der Waals surface area contributed by atoms with Crippen molar-refractivity contribution in [2.45, 2.75) is 6.29 Å². The first-order valence-corrected chi connectivity index (χ1v) is 4.16. The van der Waals surface area contributed by atoms with Crippen LogP contribution in [-0.2, 0) is 4.74 Å². The van der Waals surface area contributed by atoms with E-state index in [0.29, 0.717) is 11.3 Å². The second-order valence-corrected chi connectivity index (χ2v) is 2.66. The van der Waals surface area contributed by atoms with Crippen molar-refractivity contribution in [1.82, 2.24) is 0 Å². The molecule has 1 unspecified atom stereocenters. The van der Waals surface area contributed by atoms with E-state index in [-0.39, 0.29) is 0 Å². The highest BCUT2D eigenvalue weighted by Gasteiger charge is 2.07. The highest BCUT2D eigenvalue weighted by Crippen LogP contribution is 2.14. The third-order valence-corrected chi connectivity index (χ3v) is 1.65. The van der Waals surface area contributed by atoms with Gasteiger partial charge in [-0.25, -0.2) is 4.79 Å². The summed E-state index contributed by atoms with van der Waals surface area (Å²) in [5.41, 5.74) is 0.333. The van der Waals surface area contributed by atoms with Gasteiger partial charge >= 0.3 is 5.97 Å². The molecule has 1 atom stereocenters. The molecule has 0 heterocycles. The van der Waals surface area contributed by atoms with Gasteiger partial charge in [0.1, 0.15) is 5.75 Å². The second-order valence-electron chi connectivity index (χ2n) is 2.66. The van der Waals surface area contributed by atoms with Gasteiger partial charge in [0.2, 0.25) is 0 Å². The molecule has 1 aromatic rings. The van der Waals surface area contributed by atoms with E-state index in [2.05, 4.69) is 4.74 Å². The SMILES string of the molecule is C#CC(O)Oc1cccc(C(=O)OC)c1. The number of hydrogen-bond donors (Lipinski definition) is 1. The van der Waals surface area contributed by atoms with Crippen molar-refractivity contribution >= 4 is 5.97 Å². The first-order valence-electron chi connectivity index (χ1n) is 4.16. The van der Waals surface area contributed by atoms with Crippen molar-refractivity contribution in [3.63, 3.8) is 0 Å². The number of aliphatic hydroxyl groups is 1. The molecule has 0 bridgehead atoms. The molecule has 0 amide bonds. The smallest absolute Gasteiger partial charge is 0.337 e. The Labute approximate surface area is 87.4 Å². The van der Waals surface area contributed by atoms with Crippen LogP contribution in [0.1, 0.15) is 10.4 Å². The first-order chi connectivity index (χ1) is 7.17. The Morgan fingerprint density at radius 2 is 2.33 bits per heavy atom. The number of methoxy groups -OCH3 is 1. The summed E-state index contributed by atoms with van der Waals surface area (Å²) in [5, 5.41) is 9.02. The summed E-state index contributed by atoms with van der Waals surface area (Å²) >= 11 is 0. The third kappa shape index (κ3) is 3.01. The van der Waals surface area contributed by atoms with E-state index in [4.69, 9.17) is 16.3 Å². The number of ether oxygens (including phenoxy) is 2. The minimum Gasteiger partial charge on any atom is -0.465 e. The van der Waals surface area contributed by atoms with Gasteiger partial charge in [0.15, 0.2) is 0 Å². The van der Waals surface area contributed by atoms with Gasteiger partial charge in [-0.15, -0.1) is 6.42 Å². The van der Waals surface area contributed by atoms with Crippen LogP contribution >= 0.6 is 0 Å². The van der Waals surface area contributed by atoms with E-state index < -0.39 is 12.3 Å². The first kappa shape index (κ1) is 11.1. The lowest BCUT2D eigenvalue weighted by molar-refractivity contribution is 0.0329. The van der Waals surface area contributed by atoms with Crippen LogP contribution in [0, 0.1) is 12.3 Å². The number of carbonyl (C=O) groups is 1. The predicted octanol–water partition coefficient (Wildman–Crippen LogP) is 0.804. The number of carbonyl (C=O) groups excluding carboxylic acids is 1. The lowest BCUT2D eigenvalue weighted by Gasteiger charge is -2.08. The quantitative estimate of drug-likeness (QED) is 0.451. The summed E-state index contributed by atoms with van der Waals surface area (Å²) in [6.07, 6.45) is 3.61. The highest BCUT2D eigenvalue weighted by molar-refractivity contribution is 5.89. The molecular formula is C11H10O4. The second kappa shape index (κ2) is 5.03. The standard InChI is InChI=1S/C11H10O4/c1-3-10(12)15-9-6-4-5-8(7-9)11(13)14-2/h1,4-7,10,12H,2H3. The van der Waals surface area contributed by atoms with Crippen LogP contribution in [0.4, 0.5) is 0 Å². The third-order valence-electron chi connectivity index (χ3n) is 1.65. The molecule has 0 aromatic heterocycles. The van der Waals surface area contributed by atoms with Crippen LogP contribution in [0.2, 0.25) is 0 Å². The fourth-order valence-electron chi connectivity index (χ4n) is 0.977. The number of aliphatic hydroxyl groups excluding tert-OH is 1. The molecule has 1 aromatic carbocycles. The van der Waals surface area contributed by atoms with E-state index in [0.717, 1.165) is 0 Å². The van der Waals surface area contributed by atoms with Crippen LogP contribution in [0.25, 0.3) is 0 Å². The Morgan fingerprint density at radius 1 is 1.60 bits per heavy atom. The monoisotopic (exact) mass is 206 g/mol. The Morgan fingerprint density at radius 3 is 2.93 bits per heavy atom. The van der Waals surface area contributed by atoms with Gasteiger partial charge in [-0.1, -0.05) is 6.07 Å². The van der Waals surface area contributed by atoms with Gasteiger partial charge in [-0.3, -0.25) is 0 Å². The average molecular weight is 206 g/mol. The normalized spacial score (nSPS) is 11.3. The zero-order valence-electron chi connectivity index (χ0n) is 8.14. The molecule has 0 aliphatic heterocycles. The fourth-order valence-corrected chi connectivity index (χ4v) is 0.977. The lowest BCUT2D eigenvalue weighted by atomic mass is 10.2. The highest BCUT2D eigenvalue weighted by atomic mass is 16.6. The fraction of sp³-hybridized carbons (Fsp3) is 0.182. The lowest BCUT2D eigenvalue weighted by Crippen LogP contribution is -2.12. The largest absolute Gasteiger partial charge is 0.465 e. The summed E-state index contributed by atoms with van der Waals surface area (Å²) in [6.45, 7) is 0. The molecule has 4 nitrogen and oxygen atoms in total. The van der Waals surface area contributed by atoms with Gasteiger partial charge in [0, 0.05) is 0 Å². The van der Waals surface area contributed by atoms with Gasteiger partial charge in [0.05, 0.1) is 12.7 Å². The summed E-state index contributed by atoms with van der Waals surface area (Å²) in [5.74, 6) is 1.83. The van der Waals surface area contributed by atoms with Crippen LogP contribution in [0.15, 0.2) is 24.3 Å². The zero-order chi connectivity index (χ0) is 11.3. The molecule has 0 saturated carbocycles. The van der Waals surface area contributed by atoms with Gasteiger partial charge in [-0.2, -0.15) is 0 Å². The molecule has 1 rings (SSSR count). The number of benzene rings is 1. The van der Waals surface area contributed by atoms with Crippen LogP contribution in [0.3, 0.4) is 0 Å². The molecule has 1 N–H and O–H groups in total. The van der Waals surface area contributed by atoms with Gasteiger partial charge < -0.3 is 14.6 Å². The molecule has 0 fully saturated rings. The van der Waals surface area contributed by atoms with Crippen LogP contribution in [-0.4, -0.2) is 24.5 Å². The molecule has 0 radical (unpaired) electrons. The maximum absolute atomic E-state index is 11.1. The summed E-state index contributed by atoms with van der Waals surface area (Å²) in [7, 11) is 1.28. The summed E-state index contributed by atoms with van der Waals surface area (Å²) < 4.78 is 9.44. The number of esters is 1. The van der Waals surface area contributed by atoms with Crippen molar-refractivity contribution in [2.75, 3.05) is 7.11 Å². The molecule has 0 aliphatic carbocycles. The number of rotatable bonds is 3. The van der Waals surface area contributed by atoms with E-state index in [1.54, 1.807) is 18.2 Å². The van der Waals surface area contributed by atoms with Gasteiger partial charge in [-0.05, 0) is 24.1 Å². The molecule has 0 spiro atoms. The Balaban J connectivity index is 2.84. The maximum atomic E-state index is 11.1. The Hall–Kier alpha value is -1.99. The molecule has 78 valence electrons. The maximum Gasteiger partial charge on any atom is 0.337 e. The topological polar surface area (TPSA) is 55.8 Å². The van der Waals surface area contributed by atoms with E-state index in [9.17, 15) is 4.79 Å². The molecule has 0 aliphatic rings. The van der Waals surface area contributed by atoms with E-state index in [1.165, 1.54) is 13.2 Å². The van der Waals surface area contributed by atoms with Crippen LogP contribution in [0.5, 0.6) is 5.75 Å². The minimum absolute atomic E-state index is 0.309. The number of hydrogen-bond acceptors (Lipinski definition) is 4. The van der Waals surface area contributed by atoms with E-state index >= 15 is 0 Å². The number of terminal acetylenes is 1.